The van der Waals surface area contributed by atoms with E-state index in [2.05, 4.69) is 29.7 Å². The van der Waals surface area contributed by atoms with Crippen molar-refractivity contribution in [2.24, 2.45) is 0 Å². The van der Waals surface area contributed by atoms with Gasteiger partial charge in [0.15, 0.2) is 0 Å². The van der Waals surface area contributed by atoms with Crippen LogP contribution in [0.4, 0.5) is 5.69 Å². The van der Waals surface area contributed by atoms with Crippen LogP contribution in [0.5, 0.6) is 0 Å². The first-order valence-corrected chi connectivity index (χ1v) is 7.37. The van der Waals surface area contributed by atoms with Gasteiger partial charge in [-0.15, -0.1) is 0 Å². The van der Waals surface area contributed by atoms with E-state index in [-0.39, 0.29) is 11.9 Å². The monoisotopic (exact) mass is 302 g/mol. The van der Waals surface area contributed by atoms with E-state index in [1.165, 1.54) is 5.56 Å². The van der Waals surface area contributed by atoms with Crippen LogP contribution in [0.3, 0.4) is 0 Å². The molecule has 21 heavy (non-hydrogen) atoms. The summed E-state index contributed by atoms with van der Waals surface area (Å²) in [6.07, 6.45) is 0.405. The van der Waals surface area contributed by atoms with Crippen molar-refractivity contribution in [2.45, 2.75) is 19.4 Å². The van der Waals surface area contributed by atoms with Gasteiger partial charge in [-0.3, -0.25) is 4.79 Å². The van der Waals surface area contributed by atoms with E-state index in [1.54, 1.807) is 12.1 Å². The van der Waals surface area contributed by atoms with E-state index in [4.69, 9.17) is 11.6 Å². The van der Waals surface area contributed by atoms with Gasteiger partial charge in [0.05, 0.1) is 10.7 Å². The molecular weight excluding hydrogens is 284 g/mol. The van der Waals surface area contributed by atoms with Gasteiger partial charge in [-0.1, -0.05) is 54.1 Å². The molecule has 2 aromatic carbocycles. The molecule has 0 heterocycles. The summed E-state index contributed by atoms with van der Waals surface area (Å²) in [7, 11) is 0. The lowest BCUT2D eigenvalue weighted by Gasteiger charge is -2.14. The molecule has 2 rings (SSSR count). The Balaban J connectivity index is 1.76. The highest BCUT2D eigenvalue weighted by molar-refractivity contribution is 6.33. The molecule has 3 nitrogen and oxygen atoms in total. The lowest BCUT2D eigenvalue weighted by Crippen LogP contribution is -2.24. The lowest BCUT2D eigenvalue weighted by atomic mass is 10.1. The van der Waals surface area contributed by atoms with Gasteiger partial charge in [-0.05, 0) is 24.6 Å². The zero-order chi connectivity index (χ0) is 15.1. The Morgan fingerprint density at radius 3 is 2.48 bits per heavy atom. The topological polar surface area (TPSA) is 41.1 Å². The molecule has 0 aliphatic carbocycles. The number of nitrogens with one attached hydrogen (secondary N) is 2. The van der Waals surface area contributed by atoms with Gasteiger partial charge in [0.25, 0.3) is 0 Å². The summed E-state index contributed by atoms with van der Waals surface area (Å²) in [5, 5.41) is 6.70. The van der Waals surface area contributed by atoms with Crippen molar-refractivity contribution < 1.29 is 4.79 Å². The summed E-state index contributed by atoms with van der Waals surface area (Å²) >= 11 is 6.00. The molecule has 0 bridgehead atoms. The van der Waals surface area contributed by atoms with Gasteiger partial charge >= 0.3 is 0 Å². The average Bonchev–Trinajstić information content (AvgIpc) is 2.50. The smallest absolute Gasteiger partial charge is 0.225 e. The molecule has 0 aromatic heterocycles. The fourth-order valence-corrected chi connectivity index (χ4v) is 2.22. The molecule has 1 atom stereocenters. The third kappa shape index (κ3) is 4.88. The van der Waals surface area contributed by atoms with Gasteiger partial charge in [-0.25, -0.2) is 0 Å². The highest BCUT2D eigenvalue weighted by Crippen LogP contribution is 2.20. The van der Waals surface area contributed by atoms with Crippen molar-refractivity contribution >= 4 is 23.2 Å². The molecule has 2 N–H and O–H groups in total. The Morgan fingerprint density at radius 1 is 1.10 bits per heavy atom. The van der Waals surface area contributed by atoms with Crippen molar-refractivity contribution in [2.75, 3.05) is 11.9 Å². The number of anilines is 1. The normalized spacial score (nSPS) is 11.9. The second kappa shape index (κ2) is 7.81. The summed E-state index contributed by atoms with van der Waals surface area (Å²) in [4.78, 5) is 11.9. The quantitative estimate of drug-likeness (QED) is 0.846. The molecule has 0 saturated carbocycles. The van der Waals surface area contributed by atoms with Crippen molar-refractivity contribution in [3.8, 4) is 0 Å². The first-order chi connectivity index (χ1) is 10.2. The molecule has 2 aromatic rings. The van der Waals surface area contributed by atoms with Gasteiger partial charge in [0.2, 0.25) is 5.91 Å². The van der Waals surface area contributed by atoms with Crippen LogP contribution < -0.4 is 10.6 Å². The van der Waals surface area contributed by atoms with Crippen LogP contribution in [0.25, 0.3) is 0 Å². The van der Waals surface area contributed by atoms with Crippen molar-refractivity contribution in [3.63, 3.8) is 0 Å². The largest absolute Gasteiger partial charge is 0.325 e. The number of carbonyl (C=O) groups excluding carboxylic acids is 1. The Bertz CT molecular complexity index is 586. The number of hydrogen-bond acceptors (Lipinski definition) is 2. The minimum Gasteiger partial charge on any atom is -0.325 e. The van der Waals surface area contributed by atoms with E-state index in [9.17, 15) is 4.79 Å². The zero-order valence-corrected chi connectivity index (χ0v) is 12.7. The zero-order valence-electron chi connectivity index (χ0n) is 12.0. The van der Waals surface area contributed by atoms with Crippen LogP contribution >= 0.6 is 11.6 Å². The number of hydrogen-bond donors (Lipinski definition) is 2. The van der Waals surface area contributed by atoms with Crippen LogP contribution in [-0.2, 0) is 4.79 Å². The Hall–Kier alpha value is -1.84. The van der Waals surface area contributed by atoms with Gasteiger partial charge < -0.3 is 10.6 Å². The van der Waals surface area contributed by atoms with Crippen LogP contribution in [-0.4, -0.2) is 12.5 Å². The van der Waals surface area contributed by atoms with E-state index >= 15 is 0 Å². The Kier molecular flexibility index (Phi) is 5.78. The third-order valence-electron chi connectivity index (χ3n) is 3.25. The van der Waals surface area contributed by atoms with Crippen LogP contribution in [0, 0.1) is 0 Å². The molecule has 4 heteroatoms. The highest BCUT2D eigenvalue weighted by atomic mass is 35.5. The minimum absolute atomic E-state index is 0.0455. The summed E-state index contributed by atoms with van der Waals surface area (Å²) < 4.78 is 0. The lowest BCUT2D eigenvalue weighted by molar-refractivity contribution is -0.116. The molecule has 0 fully saturated rings. The van der Waals surface area contributed by atoms with Crippen LogP contribution in [0.15, 0.2) is 54.6 Å². The molecule has 1 unspecified atom stereocenters. The number of rotatable bonds is 6. The van der Waals surface area contributed by atoms with E-state index in [0.29, 0.717) is 23.7 Å². The standard InChI is InChI=1S/C17H19ClN2O/c1-13(14-7-3-2-4-8-14)19-12-11-17(21)20-16-10-6-5-9-15(16)18/h2-10,13,19H,11-12H2,1H3,(H,20,21). The molecule has 0 radical (unpaired) electrons. The maximum atomic E-state index is 11.9. The number of halogens is 1. The molecule has 0 saturated heterocycles. The first kappa shape index (κ1) is 15.5. The fraction of sp³-hybridized carbons (Fsp3) is 0.235. The van der Waals surface area contributed by atoms with Gasteiger partial charge in [-0.2, -0.15) is 0 Å². The molecule has 0 spiro atoms. The van der Waals surface area contributed by atoms with Crippen LogP contribution in [0.1, 0.15) is 24.9 Å². The van der Waals surface area contributed by atoms with Crippen molar-refractivity contribution in [1.29, 1.82) is 0 Å². The summed E-state index contributed by atoms with van der Waals surface area (Å²) in [6, 6.07) is 17.6. The number of amides is 1. The maximum absolute atomic E-state index is 11.9. The second-order valence-corrected chi connectivity index (χ2v) is 5.27. The predicted molar refractivity (Wildman–Crippen MR) is 87.6 cm³/mol. The van der Waals surface area contributed by atoms with Crippen LogP contribution in [0.2, 0.25) is 5.02 Å². The Labute approximate surface area is 130 Å². The first-order valence-electron chi connectivity index (χ1n) is 6.99. The van der Waals surface area contributed by atoms with E-state index in [1.807, 2.05) is 30.3 Å². The summed E-state index contributed by atoms with van der Waals surface area (Å²) in [5.74, 6) is -0.0455. The van der Waals surface area contributed by atoms with Crippen molar-refractivity contribution in [1.82, 2.24) is 5.32 Å². The third-order valence-corrected chi connectivity index (χ3v) is 3.58. The number of carbonyl (C=O) groups is 1. The summed E-state index contributed by atoms with van der Waals surface area (Å²) in [6.45, 7) is 2.70. The Morgan fingerprint density at radius 2 is 1.76 bits per heavy atom. The maximum Gasteiger partial charge on any atom is 0.225 e. The predicted octanol–water partition coefficient (Wildman–Crippen LogP) is 4.02. The van der Waals surface area contributed by atoms with Crippen molar-refractivity contribution in [3.05, 3.63) is 65.2 Å². The fourth-order valence-electron chi connectivity index (χ4n) is 2.04. The molecular formula is C17H19ClN2O. The minimum atomic E-state index is -0.0455. The van der Waals surface area contributed by atoms with Gasteiger partial charge in [0.1, 0.15) is 0 Å². The highest BCUT2D eigenvalue weighted by Gasteiger charge is 2.07. The van der Waals surface area contributed by atoms with E-state index in [0.717, 1.165) is 0 Å². The number of benzene rings is 2. The summed E-state index contributed by atoms with van der Waals surface area (Å²) in [5.41, 5.74) is 1.87. The van der Waals surface area contributed by atoms with Gasteiger partial charge in [0, 0.05) is 19.0 Å². The molecule has 0 aliphatic rings. The SMILES string of the molecule is CC(NCCC(=O)Nc1ccccc1Cl)c1ccccc1. The molecule has 0 aliphatic heterocycles. The average molecular weight is 303 g/mol. The molecule has 110 valence electrons. The molecule has 1 amide bonds. The number of para-hydroxylation sites is 1. The second-order valence-electron chi connectivity index (χ2n) is 4.86. The van der Waals surface area contributed by atoms with E-state index < -0.39 is 0 Å².